The van der Waals surface area contributed by atoms with Crippen LogP contribution in [0.4, 0.5) is 0 Å². The first-order chi connectivity index (χ1) is 1.91. The van der Waals surface area contributed by atoms with Crippen LogP contribution in [0.3, 0.4) is 0 Å². The Morgan fingerprint density at radius 3 is 2.00 bits per heavy atom. The monoisotopic (exact) mass is 162 g/mol. The number of allylic oxidation sites excluding steroid dienone is 1. The van der Waals surface area contributed by atoms with Crippen molar-refractivity contribution in [3.8, 4) is 0 Å². The van der Waals surface area contributed by atoms with Crippen LogP contribution in [0.2, 0.25) is 0 Å². The van der Waals surface area contributed by atoms with Crippen LogP contribution < -0.4 is 0 Å². The second-order valence-corrected chi connectivity index (χ2v) is 1.62. The Morgan fingerprint density at radius 2 is 2.00 bits per heavy atom. The van der Waals surface area contributed by atoms with Crippen LogP contribution in [0.15, 0.2) is 10.2 Å². The fourth-order valence-electron chi connectivity index (χ4n) is 0. The maximum atomic E-state index is 2.13. The van der Waals surface area contributed by atoms with Crippen LogP contribution in [0, 0.1) is 0 Å². The summed E-state index contributed by atoms with van der Waals surface area (Å²) in [6, 6.07) is 0. The molecule has 0 aromatic carbocycles. The fourth-order valence-corrected chi connectivity index (χ4v) is 0. The summed E-state index contributed by atoms with van der Waals surface area (Å²) in [6.45, 7) is 2.03. The van der Waals surface area contributed by atoms with Gasteiger partial charge in [0.15, 0.2) is 0 Å². The van der Waals surface area contributed by atoms with E-state index in [0.29, 0.717) is 0 Å². The van der Waals surface area contributed by atoms with Gasteiger partial charge in [-0.15, -0.1) is 0 Å². The van der Waals surface area contributed by atoms with Crippen molar-refractivity contribution in [2.24, 2.45) is 0 Å². The van der Waals surface area contributed by atoms with Gasteiger partial charge in [-0.1, -0.05) is 0 Å². The van der Waals surface area contributed by atoms with E-state index in [1.54, 1.807) is 0 Å². The molecule has 0 aromatic rings. The van der Waals surface area contributed by atoms with E-state index in [-0.39, 0.29) is 0 Å². The SMILES string of the molecule is CC=[CH][SnH]. The van der Waals surface area contributed by atoms with E-state index in [2.05, 4.69) is 10.2 Å². The van der Waals surface area contributed by atoms with Crippen molar-refractivity contribution in [2.75, 3.05) is 0 Å². The Balaban J connectivity index is 2.55. The third kappa shape index (κ3) is 2.54. The third-order valence-electron chi connectivity index (χ3n) is 0.192. The van der Waals surface area contributed by atoms with Gasteiger partial charge in [0.1, 0.15) is 0 Å². The Hall–Kier alpha value is 0.539. The molecule has 22 valence electrons. The van der Waals surface area contributed by atoms with Crippen molar-refractivity contribution >= 4 is 22.5 Å². The summed E-state index contributed by atoms with van der Waals surface area (Å²) in [5, 5.41) is 0. The molecule has 0 saturated carbocycles. The fraction of sp³-hybridized carbons (Fsp3) is 0.333. The van der Waals surface area contributed by atoms with Crippen LogP contribution in [-0.4, -0.2) is 22.5 Å². The van der Waals surface area contributed by atoms with Gasteiger partial charge in [0, 0.05) is 0 Å². The van der Waals surface area contributed by atoms with Gasteiger partial charge >= 0.3 is 39.6 Å². The van der Waals surface area contributed by atoms with Gasteiger partial charge in [0.25, 0.3) is 0 Å². The average molecular weight is 161 g/mol. The molecule has 0 rings (SSSR count). The molecule has 0 aliphatic heterocycles. The molecule has 0 saturated heterocycles. The second kappa shape index (κ2) is 3.54. The van der Waals surface area contributed by atoms with Gasteiger partial charge in [0.2, 0.25) is 0 Å². The van der Waals surface area contributed by atoms with Crippen LogP contribution in [0.5, 0.6) is 0 Å². The molecule has 0 unspecified atom stereocenters. The van der Waals surface area contributed by atoms with Gasteiger partial charge in [-0.3, -0.25) is 0 Å². The Labute approximate surface area is 40.0 Å². The first-order valence-corrected chi connectivity index (χ1v) is 3.15. The topological polar surface area (TPSA) is 0 Å². The van der Waals surface area contributed by atoms with Gasteiger partial charge in [-0.05, 0) is 0 Å². The number of hydrogen-bond donors (Lipinski definition) is 0. The van der Waals surface area contributed by atoms with Crippen LogP contribution >= 0.6 is 0 Å². The molecule has 0 bridgehead atoms. The molecule has 0 N–H and O–H groups in total. The van der Waals surface area contributed by atoms with Gasteiger partial charge in [0.05, 0.1) is 0 Å². The number of hydrogen-bond acceptors (Lipinski definition) is 0. The zero-order valence-electron chi connectivity index (χ0n) is 2.73. The second-order valence-electron chi connectivity index (χ2n) is 0.526. The summed E-state index contributed by atoms with van der Waals surface area (Å²) in [6.07, 6.45) is 2.06. The minimum atomic E-state index is 1.26. The molecule has 0 aliphatic carbocycles. The van der Waals surface area contributed by atoms with Crippen molar-refractivity contribution in [3.05, 3.63) is 10.2 Å². The van der Waals surface area contributed by atoms with E-state index >= 15 is 0 Å². The summed E-state index contributed by atoms with van der Waals surface area (Å²) in [4.78, 5) is 0. The molecule has 2 radical (unpaired) electrons. The van der Waals surface area contributed by atoms with Crippen LogP contribution in [0.1, 0.15) is 6.92 Å². The predicted molar refractivity (Wildman–Crippen MR) is 22.0 cm³/mol. The normalized spacial score (nSPS) is 9.50. The zero-order valence-corrected chi connectivity index (χ0v) is 6.03. The van der Waals surface area contributed by atoms with E-state index in [1.165, 1.54) is 22.5 Å². The van der Waals surface area contributed by atoms with Crippen molar-refractivity contribution in [1.82, 2.24) is 0 Å². The average Bonchev–Trinajstić information content (AvgIpc) is 1.37. The molecular formula is C3H6Sn. The molecule has 0 amide bonds. The molecule has 0 aliphatic rings. The molecule has 0 nitrogen and oxygen atoms in total. The quantitative estimate of drug-likeness (QED) is 0.451. The minimum absolute atomic E-state index is 1.26. The predicted octanol–water partition coefficient (Wildman–Crippen LogP) is 0.421. The van der Waals surface area contributed by atoms with Gasteiger partial charge in [-0.25, -0.2) is 0 Å². The van der Waals surface area contributed by atoms with E-state index in [0.717, 1.165) is 0 Å². The van der Waals surface area contributed by atoms with Crippen molar-refractivity contribution in [2.45, 2.75) is 6.92 Å². The molecule has 0 spiro atoms. The summed E-state index contributed by atoms with van der Waals surface area (Å²) in [5.41, 5.74) is 0. The standard InChI is InChI=1S/C3H5.Sn.H/c1-3-2;;/h1,3H,2H3;;. The molecule has 0 heterocycles. The van der Waals surface area contributed by atoms with E-state index in [1.807, 2.05) is 6.92 Å². The summed E-state index contributed by atoms with van der Waals surface area (Å²) in [7, 11) is 0. The van der Waals surface area contributed by atoms with E-state index in [4.69, 9.17) is 0 Å². The molecule has 0 aromatic heterocycles. The third-order valence-corrected chi connectivity index (χ3v) is 1.29. The van der Waals surface area contributed by atoms with Gasteiger partial charge < -0.3 is 0 Å². The molecule has 0 atom stereocenters. The van der Waals surface area contributed by atoms with Crippen molar-refractivity contribution in [1.29, 1.82) is 0 Å². The zero-order chi connectivity index (χ0) is 3.41. The van der Waals surface area contributed by atoms with Gasteiger partial charge in [-0.2, -0.15) is 0 Å². The maximum absolute atomic E-state index is 2.13. The van der Waals surface area contributed by atoms with Crippen molar-refractivity contribution in [3.63, 3.8) is 0 Å². The van der Waals surface area contributed by atoms with E-state index < -0.39 is 0 Å². The van der Waals surface area contributed by atoms with E-state index in [9.17, 15) is 0 Å². The Kier molecular flexibility index (Phi) is 4.02. The number of rotatable bonds is 0. The van der Waals surface area contributed by atoms with Crippen LogP contribution in [0.25, 0.3) is 0 Å². The molecule has 0 fully saturated rings. The van der Waals surface area contributed by atoms with Crippen LogP contribution in [-0.2, 0) is 0 Å². The molecule has 4 heavy (non-hydrogen) atoms. The first-order valence-electron chi connectivity index (χ1n) is 1.24. The Morgan fingerprint density at radius 1 is 1.75 bits per heavy atom. The van der Waals surface area contributed by atoms with Crippen molar-refractivity contribution < 1.29 is 0 Å². The summed E-state index contributed by atoms with van der Waals surface area (Å²) >= 11 is 1.26. The molecule has 1 heteroatoms. The Bertz CT molecular complexity index is 18.5. The first kappa shape index (κ1) is 4.54. The summed E-state index contributed by atoms with van der Waals surface area (Å²) < 4.78 is 2.13. The molecular weight excluding hydrogens is 155 g/mol. The summed E-state index contributed by atoms with van der Waals surface area (Å²) in [5.74, 6) is 0.